The molecule has 5 nitrogen and oxygen atoms in total. The lowest BCUT2D eigenvalue weighted by Gasteiger charge is -2.02. The monoisotopic (exact) mass is 296 g/mol. The molecule has 17 heavy (non-hydrogen) atoms. The Labute approximate surface area is 108 Å². The number of hydrogen-bond donors (Lipinski definition) is 1. The molecule has 0 radical (unpaired) electrons. The van der Waals surface area contributed by atoms with Gasteiger partial charge in [-0.15, -0.1) is 5.10 Å². The van der Waals surface area contributed by atoms with E-state index in [1.807, 2.05) is 13.0 Å². The highest BCUT2D eigenvalue weighted by Gasteiger charge is 2.09. The van der Waals surface area contributed by atoms with Crippen molar-refractivity contribution in [1.82, 2.24) is 20.0 Å². The Bertz CT molecular complexity index is 500. The average Bonchev–Trinajstić information content (AvgIpc) is 2.76. The van der Waals surface area contributed by atoms with Crippen LogP contribution in [0.25, 0.3) is 0 Å². The minimum Gasteiger partial charge on any atom is -0.387 e. The summed E-state index contributed by atoms with van der Waals surface area (Å²) in [6, 6.07) is 1.98. The van der Waals surface area contributed by atoms with Gasteiger partial charge in [0.1, 0.15) is 5.69 Å². The molecule has 1 atom stereocenters. The number of rotatable bonds is 4. The van der Waals surface area contributed by atoms with E-state index < -0.39 is 6.10 Å². The van der Waals surface area contributed by atoms with Crippen LogP contribution in [0.1, 0.15) is 30.7 Å². The first-order valence-electron chi connectivity index (χ1n) is 5.36. The lowest BCUT2D eigenvalue weighted by Crippen LogP contribution is -2.01. The number of hydrogen-bond acceptors (Lipinski definition) is 4. The van der Waals surface area contributed by atoms with E-state index in [-0.39, 0.29) is 0 Å². The van der Waals surface area contributed by atoms with Crippen LogP contribution in [0.15, 0.2) is 29.1 Å². The first-order valence-corrected chi connectivity index (χ1v) is 6.16. The summed E-state index contributed by atoms with van der Waals surface area (Å²) in [5, 5.41) is 17.5. The third-order valence-electron chi connectivity index (χ3n) is 2.39. The second-order valence-electron chi connectivity index (χ2n) is 3.78. The largest absolute Gasteiger partial charge is 0.387 e. The summed E-state index contributed by atoms with van der Waals surface area (Å²) in [6.45, 7) is 2.50. The predicted octanol–water partition coefficient (Wildman–Crippen LogP) is 1.93. The van der Waals surface area contributed by atoms with Gasteiger partial charge in [-0.1, -0.05) is 12.1 Å². The highest BCUT2D eigenvalue weighted by molar-refractivity contribution is 9.10. The van der Waals surface area contributed by atoms with Gasteiger partial charge in [0.2, 0.25) is 0 Å². The summed E-state index contributed by atoms with van der Waals surface area (Å²) in [5.41, 5.74) is 1.64. The zero-order valence-corrected chi connectivity index (χ0v) is 11.0. The molecule has 0 fully saturated rings. The summed E-state index contributed by atoms with van der Waals surface area (Å²) in [5.74, 6) is 0. The van der Waals surface area contributed by atoms with Crippen molar-refractivity contribution in [3.8, 4) is 0 Å². The van der Waals surface area contributed by atoms with Crippen molar-refractivity contribution in [3.05, 3.63) is 40.4 Å². The van der Waals surface area contributed by atoms with E-state index >= 15 is 0 Å². The highest BCUT2D eigenvalue weighted by Crippen LogP contribution is 2.14. The van der Waals surface area contributed by atoms with Crippen molar-refractivity contribution >= 4 is 15.9 Å². The van der Waals surface area contributed by atoms with Crippen LogP contribution >= 0.6 is 15.9 Å². The number of pyridine rings is 1. The first kappa shape index (κ1) is 12.2. The van der Waals surface area contributed by atoms with Crippen LogP contribution in [-0.4, -0.2) is 25.1 Å². The van der Waals surface area contributed by atoms with Gasteiger partial charge in [-0.25, -0.2) is 4.68 Å². The minimum absolute atomic E-state index is 0.538. The maximum absolute atomic E-state index is 9.62. The van der Waals surface area contributed by atoms with Gasteiger partial charge in [-0.2, -0.15) is 0 Å². The Morgan fingerprint density at radius 3 is 3.00 bits per heavy atom. The quantitative estimate of drug-likeness (QED) is 0.936. The molecular formula is C11H13BrN4O. The molecule has 0 aliphatic carbocycles. The number of nitrogens with zero attached hydrogens (tertiary/aromatic N) is 4. The SMILES string of the molecule is CCC(O)c1cn(Cc2cncc(Br)c2)nn1. The fourth-order valence-corrected chi connectivity index (χ4v) is 1.89. The van der Waals surface area contributed by atoms with E-state index in [0.29, 0.717) is 18.7 Å². The molecule has 0 bridgehead atoms. The molecule has 6 heteroatoms. The fourth-order valence-electron chi connectivity index (χ4n) is 1.48. The van der Waals surface area contributed by atoms with Crippen LogP contribution in [0.5, 0.6) is 0 Å². The second kappa shape index (κ2) is 5.37. The van der Waals surface area contributed by atoms with Gasteiger partial charge < -0.3 is 5.11 Å². The van der Waals surface area contributed by atoms with Crippen LogP contribution in [0, 0.1) is 0 Å². The number of halogens is 1. The molecule has 0 saturated heterocycles. The summed E-state index contributed by atoms with van der Waals surface area (Å²) < 4.78 is 2.63. The third kappa shape index (κ3) is 3.10. The molecule has 0 saturated carbocycles. The van der Waals surface area contributed by atoms with E-state index in [2.05, 4.69) is 31.2 Å². The summed E-state index contributed by atoms with van der Waals surface area (Å²) in [4.78, 5) is 4.08. The highest BCUT2D eigenvalue weighted by atomic mass is 79.9. The third-order valence-corrected chi connectivity index (χ3v) is 2.82. The van der Waals surface area contributed by atoms with Crippen LogP contribution < -0.4 is 0 Å². The maximum atomic E-state index is 9.62. The van der Waals surface area contributed by atoms with E-state index in [1.165, 1.54) is 0 Å². The van der Waals surface area contributed by atoms with E-state index in [9.17, 15) is 5.11 Å². The van der Waals surface area contributed by atoms with E-state index in [0.717, 1.165) is 10.0 Å². The molecule has 2 heterocycles. The zero-order valence-electron chi connectivity index (χ0n) is 9.41. The zero-order chi connectivity index (χ0) is 12.3. The average molecular weight is 297 g/mol. The Kier molecular flexibility index (Phi) is 3.86. The fraction of sp³-hybridized carbons (Fsp3) is 0.364. The molecule has 1 unspecified atom stereocenters. The molecule has 0 aliphatic heterocycles. The molecule has 0 aliphatic rings. The Hall–Kier alpha value is -1.27. The molecule has 2 aromatic rings. The van der Waals surface area contributed by atoms with E-state index in [4.69, 9.17) is 0 Å². The van der Waals surface area contributed by atoms with Crippen molar-refractivity contribution in [3.63, 3.8) is 0 Å². The van der Waals surface area contributed by atoms with Gasteiger partial charge >= 0.3 is 0 Å². The summed E-state index contributed by atoms with van der Waals surface area (Å²) in [7, 11) is 0. The first-order chi connectivity index (χ1) is 8.19. The molecular weight excluding hydrogens is 284 g/mol. The Morgan fingerprint density at radius 1 is 1.47 bits per heavy atom. The van der Waals surface area contributed by atoms with Crippen molar-refractivity contribution in [2.45, 2.75) is 26.0 Å². The maximum Gasteiger partial charge on any atom is 0.111 e. The Balaban J connectivity index is 2.11. The van der Waals surface area contributed by atoms with Crippen LogP contribution in [0.4, 0.5) is 0 Å². The summed E-state index contributed by atoms with van der Waals surface area (Å²) >= 11 is 3.37. The number of aliphatic hydroxyl groups is 1. The molecule has 2 aromatic heterocycles. The lowest BCUT2D eigenvalue weighted by molar-refractivity contribution is 0.168. The van der Waals surface area contributed by atoms with Gasteiger partial charge in [0.15, 0.2) is 0 Å². The van der Waals surface area contributed by atoms with Crippen molar-refractivity contribution in [1.29, 1.82) is 0 Å². The van der Waals surface area contributed by atoms with Crippen LogP contribution in [0.2, 0.25) is 0 Å². The van der Waals surface area contributed by atoms with Gasteiger partial charge in [0.05, 0.1) is 18.8 Å². The van der Waals surface area contributed by atoms with Crippen molar-refractivity contribution in [2.75, 3.05) is 0 Å². The molecule has 0 aromatic carbocycles. The summed E-state index contributed by atoms with van der Waals surface area (Å²) in [6.07, 6.45) is 5.37. The van der Waals surface area contributed by atoms with E-state index in [1.54, 1.807) is 23.3 Å². The van der Waals surface area contributed by atoms with Crippen molar-refractivity contribution in [2.24, 2.45) is 0 Å². The molecule has 90 valence electrons. The normalized spacial score (nSPS) is 12.6. The van der Waals surface area contributed by atoms with Gasteiger partial charge in [-0.05, 0) is 34.0 Å². The van der Waals surface area contributed by atoms with Gasteiger partial charge in [0, 0.05) is 16.9 Å². The van der Waals surface area contributed by atoms with Gasteiger partial charge in [-0.3, -0.25) is 4.98 Å². The predicted molar refractivity (Wildman–Crippen MR) is 66.3 cm³/mol. The van der Waals surface area contributed by atoms with Crippen LogP contribution in [-0.2, 0) is 6.54 Å². The number of aliphatic hydroxyl groups excluding tert-OH is 1. The van der Waals surface area contributed by atoms with Gasteiger partial charge in [0.25, 0.3) is 0 Å². The standard InChI is InChI=1S/C11H13BrN4O/c1-2-11(17)10-7-16(15-14-10)6-8-3-9(12)5-13-4-8/h3-5,7,11,17H,2,6H2,1H3. The lowest BCUT2D eigenvalue weighted by atomic mass is 10.2. The Morgan fingerprint density at radius 2 is 2.29 bits per heavy atom. The van der Waals surface area contributed by atoms with Crippen LogP contribution in [0.3, 0.4) is 0 Å². The second-order valence-corrected chi connectivity index (χ2v) is 4.69. The minimum atomic E-state index is -0.538. The molecule has 1 N–H and O–H groups in total. The topological polar surface area (TPSA) is 63.8 Å². The smallest absolute Gasteiger partial charge is 0.111 e. The number of aromatic nitrogens is 4. The van der Waals surface area contributed by atoms with Crippen molar-refractivity contribution < 1.29 is 5.11 Å². The molecule has 0 spiro atoms. The molecule has 2 rings (SSSR count). The molecule has 0 amide bonds.